The van der Waals surface area contributed by atoms with Gasteiger partial charge in [0.25, 0.3) is 0 Å². The Morgan fingerprint density at radius 3 is 2.65 bits per heavy atom. The summed E-state index contributed by atoms with van der Waals surface area (Å²) in [4.78, 5) is 13.5. The molecule has 5 rings (SSSR count). The van der Waals surface area contributed by atoms with Gasteiger partial charge in [-0.1, -0.05) is 31.2 Å². The molecule has 0 saturated heterocycles. The van der Waals surface area contributed by atoms with Crippen LogP contribution in [-0.4, -0.2) is 38.6 Å². The number of hydrogen-bond donors (Lipinski definition) is 1. The molecule has 4 aromatic rings. The van der Waals surface area contributed by atoms with Crippen molar-refractivity contribution in [3.63, 3.8) is 0 Å². The summed E-state index contributed by atoms with van der Waals surface area (Å²) in [5.74, 6) is -0.837. The molecule has 8 heteroatoms. The number of halogens is 1. The molecule has 0 aliphatic carbocycles. The predicted molar refractivity (Wildman–Crippen MR) is 139 cm³/mol. The Labute approximate surface area is 215 Å². The molecule has 0 bridgehead atoms. The van der Waals surface area contributed by atoms with Crippen molar-refractivity contribution < 1.29 is 23.8 Å². The van der Waals surface area contributed by atoms with Crippen molar-refractivity contribution in [2.24, 2.45) is 7.05 Å². The van der Waals surface area contributed by atoms with Gasteiger partial charge in [-0.15, -0.1) is 0 Å². The van der Waals surface area contributed by atoms with Crippen molar-refractivity contribution in [1.29, 1.82) is 0 Å². The summed E-state index contributed by atoms with van der Waals surface area (Å²) in [6, 6.07) is 11.1. The highest BCUT2D eigenvalue weighted by Crippen LogP contribution is 2.41. The summed E-state index contributed by atoms with van der Waals surface area (Å²) >= 11 is 0. The summed E-state index contributed by atoms with van der Waals surface area (Å²) in [7, 11) is 1.85. The summed E-state index contributed by atoms with van der Waals surface area (Å²) < 4.78 is 31.3. The molecule has 3 heterocycles. The van der Waals surface area contributed by atoms with Crippen LogP contribution in [0.4, 0.5) is 4.39 Å². The first kappa shape index (κ1) is 25.2. The number of esters is 1. The van der Waals surface area contributed by atoms with Gasteiger partial charge in [0, 0.05) is 36.7 Å². The van der Waals surface area contributed by atoms with E-state index in [1.165, 1.54) is 6.07 Å². The second-order valence-electron chi connectivity index (χ2n) is 9.29. The van der Waals surface area contributed by atoms with Crippen LogP contribution in [0, 0.1) is 5.82 Å². The van der Waals surface area contributed by atoms with Gasteiger partial charge >= 0.3 is 5.97 Å². The van der Waals surface area contributed by atoms with Crippen molar-refractivity contribution in [2.45, 2.75) is 52.9 Å². The average Bonchev–Trinajstić information content (AvgIpc) is 3.36. The lowest BCUT2D eigenvalue weighted by Gasteiger charge is -2.15. The molecule has 37 heavy (non-hydrogen) atoms. The normalized spacial score (nSPS) is 13.2. The van der Waals surface area contributed by atoms with Crippen LogP contribution >= 0.6 is 0 Å². The molecule has 0 saturated carbocycles. The van der Waals surface area contributed by atoms with E-state index in [0.717, 1.165) is 33.5 Å². The Balaban J connectivity index is 1.95. The summed E-state index contributed by atoms with van der Waals surface area (Å²) in [5, 5.41) is 15.1. The number of hydrogen-bond acceptors (Lipinski definition) is 5. The van der Waals surface area contributed by atoms with Gasteiger partial charge in [-0.3, -0.25) is 4.68 Å². The Bertz CT molecular complexity index is 1470. The lowest BCUT2D eigenvalue weighted by molar-refractivity contribution is 0.0513. The number of aliphatic hydroxyl groups is 1. The van der Waals surface area contributed by atoms with E-state index in [-0.39, 0.29) is 25.6 Å². The second-order valence-corrected chi connectivity index (χ2v) is 9.29. The topological polar surface area (TPSA) is 78.5 Å². The van der Waals surface area contributed by atoms with Crippen LogP contribution in [0.15, 0.2) is 36.4 Å². The molecule has 1 aliphatic rings. The largest absolute Gasteiger partial charge is 0.461 e. The molecule has 0 spiro atoms. The molecule has 0 amide bonds. The van der Waals surface area contributed by atoms with Crippen LogP contribution in [-0.2, 0) is 49.1 Å². The van der Waals surface area contributed by atoms with Gasteiger partial charge in [0.05, 0.1) is 36.7 Å². The molecule has 0 fully saturated rings. The first-order chi connectivity index (χ1) is 18.0. The van der Waals surface area contributed by atoms with Crippen LogP contribution in [0.5, 0.6) is 0 Å². The Morgan fingerprint density at radius 2 is 1.92 bits per heavy atom. The van der Waals surface area contributed by atoms with Crippen molar-refractivity contribution >= 4 is 16.9 Å². The van der Waals surface area contributed by atoms with E-state index in [2.05, 4.69) is 0 Å². The highest BCUT2D eigenvalue weighted by molar-refractivity contribution is 6.05. The fourth-order valence-corrected chi connectivity index (χ4v) is 5.43. The number of ether oxygens (including phenoxy) is 2. The van der Waals surface area contributed by atoms with Gasteiger partial charge in [0.1, 0.15) is 11.5 Å². The average molecular weight is 506 g/mol. The fourth-order valence-electron chi connectivity index (χ4n) is 5.43. The van der Waals surface area contributed by atoms with Crippen LogP contribution < -0.4 is 0 Å². The minimum absolute atomic E-state index is 0.0180. The molecule has 1 N–H and O–H groups in total. The fraction of sp³-hybridized carbons (Fsp3) is 0.379. The van der Waals surface area contributed by atoms with Gasteiger partial charge in [-0.25, -0.2) is 9.18 Å². The molecule has 0 unspecified atom stereocenters. The highest BCUT2D eigenvalue weighted by Gasteiger charge is 2.30. The summed E-state index contributed by atoms with van der Waals surface area (Å²) in [5.41, 5.74) is 6.45. The summed E-state index contributed by atoms with van der Waals surface area (Å²) in [6.45, 7) is 4.96. The minimum Gasteiger partial charge on any atom is -0.461 e. The third-order valence-electron chi connectivity index (χ3n) is 7.10. The van der Waals surface area contributed by atoms with Crippen molar-refractivity contribution in [3.8, 4) is 11.1 Å². The standard InChI is InChI=1S/C29H32FN3O4/c1-4-23-26-24(32(3)31-23)17-36-16-19-10-7-6-9-18(19)15-33-27-21(12-13-22(30)25(26)27)20(11-8-14-34)28(33)29(35)37-5-2/h6-7,9-10,12-13,34H,4-5,8,11,14-17H2,1-3H3. The molecular weight excluding hydrogens is 473 g/mol. The van der Waals surface area contributed by atoms with Crippen LogP contribution in [0.3, 0.4) is 0 Å². The highest BCUT2D eigenvalue weighted by atomic mass is 19.1. The maximum Gasteiger partial charge on any atom is 0.355 e. The zero-order valence-electron chi connectivity index (χ0n) is 21.5. The molecule has 7 nitrogen and oxygen atoms in total. The molecule has 0 radical (unpaired) electrons. The van der Waals surface area contributed by atoms with E-state index in [9.17, 15) is 9.90 Å². The zero-order chi connectivity index (χ0) is 26.1. The van der Waals surface area contributed by atoms with E-state index >= 15 is 4.39 Å². The summed E-state index contributed by atoms with van der Waals surface area (Å²) in [6.07, 6.45) is 1.55. The Morgan fingerprint density at radius 1 is 1.14 bits per heavy atom. The molecule has 2 aromatic heterocycles. The van der Waals surface area contributed by atoms with Crippen LogP contribution in [0.2, 0.25) is 0 Å². The number of aliphatic hydroxyl groups excluding tert-OH is 1. The SMILES string of the molecule is CCOC(=O)c1c(CCCO)c2ccc(F)c3c2n1Cc1ccccc1COCc1c-3c(CC)nn1C. The molecule has 194 valence electrons. The third-order valence-corrected chi connectivity index (χ3v) is 7.10. The van der Waals surface area contributed by atoms with Crippen LogP contribution in [0.1, 0.15) is 58.8 Å². The molecule has 1 aliphatic heterocycles. The smallest absolute Gasteiger partial charge is 0.355 e. The number of rotatable bonds is 6. The second kappa shape index (κ2) is 10.5. The lowest BCUT2D eigenvalue weighted by atomic mass is 9.96. The molecule has 0 atom stereocenters. The van der Waals surface area contributed by atoms with E-state index in [4.69, 9.17) is 14.6 Å². The number of nitrogens with zero attached hydrogens (tertiary/aromatic N) is 3. The van der Waals surface area contributed by atoms with Crippen molar-refractivity contribution in [1.82, 2.24) is 14.3 Å². The predicted octanol–water partition coefficient (Wildman–Crippen LogP) is 4.92. The van der Waals surface area contributed by atoms with E-state index in [0.29, 0.717) is 54.8 Å². The van der Waals surface area contributed by atoms with Crippen LogP contribution in [0.25, 0.3) is 22.0 Å². The van der Waals surface area contributed by atoms with E-state index in [1.807, 2.05) is 42.8 Å². The van der Waals surface area contributed by atoms with E-state index < -0.39 is 5.97 Å². The van der Waals surface area contributed by atoms with E-state index in [1.54, 1.807) is 17.7 Å². The first-order valence-electron chi connectivity index (χ1n) is 12.8. The zero-order valence-corrected chi connectivity index (χ0v) is 21.5. The lowest BCUT2D eigenvalue weighted by Crippen LogP contribution is -2.16. The van der Waals surface area contributed by atoms with Gasteiger partial charge in [-0.05, 0) is 55.0 Å². The molecular formula is C29H32FN3O4. The Kier molecular flexibility index (Phi) is 7.13. The van der Waals surface area contributed by atoms with Gasteiger partial charge < -0.3 is 19.1 Å². The minimum atomic E-state index is -0.455. The van der Waals surface area contributed by atoms with Gasteiger partial charge in [0.2, 0.25) is 0 Å². The van der Waals surface area contributed by atoms with Gasteiger partial charge in [0.15, 0.2) is 0 Å². The monoisotopic (exact) mass is 505 g/mol. The Hall–Kier alpha value is -3.49. The number of fused-ring (bicyclic) bond motifs is 3. The van der Waals surface area contributed by atoms with Crippen molar-refractivity contribution in [3.05, 3.63) is 76.0 Å². The molecule has 2 aromatic carbocycles. The maximum atomic E-state index is 16.0. The number of carbonyl (C=O) groups is 1. The number of benzene rings is 2. The van der Waals surface area contributed by atoms with Crippen molar-refractivity contribution in [2.75, 3.05) is 13.2 Å². The number of carbonyl (C=O) groups excluding carboxylic acids is 1. The first-order valence-corrected chi connectivity index (χ1v) is 12.8. The third kappa shape index (κ3) is 4.34. The number of aromatic nitrogens is 3. The maximum absolute atomic E-state index is 16.0. The quantitative estimate of drug-likeness (QED) is 0.376. The number of aryl methyl sites for hydroxylation is 3. The van der Waals surface area contributed by atoms with Gasteiger partial charge in [-0.2, -0.15) is 5.10 Å².